The predicted molar refractivity (Wildman–Crippen MR) is 138 cm³/mol. The van der Waals surface area contributed by atoms with Gasteiger partial charge in [-0.2, -0.15) is 17.5 Å². The maximum absolute atomic E-state index is 13.5. The predicted octanol–water partition coefficient (Wildman–Crippen LogP) is 2.82. The van der Waals surface area contributed by atoms with E-state index in [2.05, 4.69) is 4.90 Å². The molecule has 2 atom stereocenters. The van der Waals surface area contributed by atoms with Crippen LogP contribution in [0, 0.1) is 5.41 Å². The van der Waals surface area contributed by atoms with E-state index in [9.17, 15) is 26.7 Å². The van der Waals surface area contributed by atoms with Gasteiger partial charge in [0.15, 0.2) is 5.60 Å². The zero-order chi connectivity index (χ0) is 26.6. The van der Waals surface area contributed by atoms with Crippen LogP contribution in [-0.4, -0.2) is 92.3 Å². The number of hydrogen-bond donors (Lipinski definition) is 1. The van der Waals surface area contributed by atoms with Crippen LogP contribution in [0.25, 0.3) is 0 Å². The highest BCUT2D eigenvalue weighted by Crippen LogP contribution is 2.40. The lowest BCUT2D eigenvalue weighted by Gasteiger charge is -2.57. The molecule has 12 heteroatoms. The minimum Gasteiger partial charge on any atom is -0.380 e. The molecule has 0 amide bonds. The van der Waals surface area contributed by atoms with Crippen molar-refractivity contribution in [2.24, 2.45) is 5.41 Å². The quantitative estimate of drug-likeness (QED) is 0.540. The van der Waals surface area contributed by atoms with Gasteiger partial charge in [-0.3, -0.25) is 4.90 Å². The van der Waals surface area contributed by atoms with Crippen LogP contribution in [0.5, 0.6) is 0 Å². The number of rotatable bonds is 6. The van der Waals surface area contributed by atoms with Gasteiger partial charge in [0.05, 0.1) is 24.2 Å². The van der Waals surface area contributed by atoms with Gasteiger partial charge in [0.2, 0.25) is 10.0 Å². The van der Waals surface area contributed by atoms with E-state index in [0.29, 0.717) is 30.1 Å². The fourth-order valence-corrected chi connectivity index (χ4v) is 7.55. The van der Waals surface area contributed by atoms with Crippen LogP contribution in [0.2, 0.25) is 0 Å². The van der Waals surface area contributed by atoms with Crippen molar-refractivity contribution in [3.8, 4) is 0 Å². The van der Waals surface area contributed by atoms with E-state index in [4.69, 9.17) is 17.0 Å². The molecule has 1 spiro atoms. The highest BCUT2D eigenvalue weighted by molar-refractivity contribution is 7.96. The van der Waals surface area contributed by atoms with Gasteiger partial charge in [0.1, 0.15) is 0 Å². The highest BCUT2D eigenvalue weighted by atomic mass is 32.2. The monoisotopic (exact) mass is 557 g/mol. The van der Waals surface area contributed by atoms with Crippen molar-refractivity contribution in [1.82, 2.24) is 9.21 Å². The largest absolute Gasteiger partial charge is 0.421 e. The Morgan fingerprint density at radius 3 is 2.41 bits per heavy atom. The van der Waals surface area contributed by atoms with Crippen molar-refractivity contribution < 1.29 is 31.4 Å². The summed E-state index contributed by atoms with van der Waals surface area (Å²) in [7, 11) is -3.78. The van der Waals surface area contributed by atoms with Crippen LogP contribution in [0.15, 0.2) is 47.4 Å². The number of thiocarbonyl (C=S) groups is 1. The Hall–Kier alpha value is -1.83. The Balaban J connectivity index is 1.37. The molecular formula is C25H30F3N3O4S2. The molecule has 0 aromatic heterocycles. The number of piperazine rings is 1. The standard InChI is InChI=1S/C25H30F3N3O4S2/c1-23(32,25(26,27)28)18-6-8-19(9-7-18)31-11-10-30(37(33,34)22-5-3-2-4-21(22)36)13-20(31)12-29-14-24(15-29)16-35-17-24/h2-3,5-9,20,32H,4,10-17H2,1H3/t20-,23+/m0/s1. The van der Waals surface area contributed by atoms with Gasteiger partial charge in [0.25, 0.3) is 0 Å². The van der Waals surface area contributed by atoms with E-state index in [1.807, 2.05) is 11.0 Å². The average Bonchev–Trinajstić information content (AvgIpc) is 2.79. The lowest BCUT2D eigenvalue weighted by Crippen LogP contribution is -2.69. The van der Waals surface area contributed by atoms with Crippen molar-refractivity contribution in [2.45, 2.75) is 31.2 Å². The summed E-state index contributed by atoms with van der Waals surface area (Å²) in [6.45, 7) is 5.38. The topological polar surface area (TPSA) is 73.3 Å². The second-order valence-electron chi connectivity index (χ2n) is 10.6. The zero-order valence-corrected chi connectivity index (χ0v) is 22.1. The summed E-state index contributed by atoms with van der Waals surface area (Å²) in [5.41, 5.74) is -2.33. The molecule has 3 aliphatic heterocycles. The summed E-state index contributed by atoms with van der Waals surface area (Å²) in [6.07, 6.45) is 0.679. The molecule has 0 unspecified atom stereocenters. The van der Waals surface area contributed by atoms with Gasteiger partial charge in [-0.1, -0.05) is 36.5 Å². The number of aliphatic hydroxyl groups is 1. The third kappa shape index (κ3) is 4.87. The molecule has 1 aliphatic carbocycles. The second-order valence-corrected chi connectivity index (χ2v) is 13.0. The van der Waals surface area contributed by atoms with Gasteiger partial charge in [-0.15, -0.1) is 0 Å². The van der Waals surface area contributed by atoms with Crippen LogP contribution >= 0.6 is 12.2 Å². The van der Waals surface area contributed by atoms with Gasteiger partial charge in [-0.25, -0.2) is 8.42 Å². The van der Waals surface area contributed by atoms with E-state index in [-0.39, 0.29) is 35.0 Å². The first-order chi connectivity index (χ1) is 17.3. The lowest BCUT2D eigenvalue weighted by atomic mass is 9.78. The summed E-state index contributed by atoms with van der Waals surface area (Å²) in [5, 5.41) is 10.0. The smallest absolute Gasteiger partial charge is 0.380 e. The minimum absolute atomic E-state index is 0.158. The fraction of sp³-hybridized carbons (Fsp3) is 0.560. The molecule has 4 aliphatic rings. The molecule has 1 N–H and O–H groups in total. The Morgan fingerprint density at radius 1 is 1.16 bits per heavy atom. The van der Waals surface area contributed by atoms with E-state index in [1.54, 1.807) is 24.3 Å². The van der Waals surface area contributed by atoms with Crippen molar-refractivity contribution in [3.05, 3.63) is 53.0 Å². The summed E-state index contributed by atoms with van der Waals surface area (Å²) >= 11 is 5.33. The van der Waals surface area contributed by atoms with Gasteiger partial charge in [0, 0.05) is 61.7 Å². The zero-order valence-electron chi connectivity index (χ0n) is 20.4. The number of sulfonamides is 1. The van der Waals surface area contributed by atoms with E-state index < -0.39 is 21.8 Å². The molecule has 7 nitrogen and oxygen atoms in total. The molecular weight excluding hydrogens is 527 g/mol. The number of ether oxygens (including phenoxy) is 1. The second kappa shape index (κ2) is 9.42. The minimum atomic E-state index is -4.81. The molecule has 1 aromatic carbocycles. The summed E-state index contributed by atoms with van der Waals surface area (Å²) < 4.78 is 73.7. The fourth-order valence-electron chi connectivity index (χ4n) is 5.48. The highest BCUT2D eigenvalue weighted by Gasteiger charge is 2.52. The van der Waals surface area contributed by atoms with Crippen LogP contribution in [0.4, 0.5) is 18.9 Å². The number of alkyl halides is 3. The first-order valence-electron chi connectivity index (χ1n) is 12.2. The normalized spacial score (nSPS) is 26.4. The van der Waals surface area contributed by atoms with Gasteiger partial charge < -0.3 is 14.7 Å². The summed E-state index contributed by atoms with van der Waals surface area (Å²) in [6, 6.07) is 5.47. The summed E-state index contributed by atoms with van der Waals surface area (Å²) in [4.78, 5) is 4.87. The molecule has 1 aromatic rings. The number of likely N-dealkylation sites (tertiary alicyclic amines) is 1. The third-order valence-corrected chi connectivity index (χ3v) is 10.2. The number of allylic oxidation sites excluding steroid dienone is 4. The van der Waals surface area contributed by atoms with Crippen LogP contribution in [-0.2, 0) is 20.4 Å². The van der Waals surface area contributed by atoms with Crippen molar-refractivity contribution in [2.75, 3.05) is 57.4 Å². The molecule has 202 valence electrons. The van der Waals surface area contributed by atoms with Crippen molar-refractivity contribution in [3.63, 3.8) is 0 Å². The number of hydrogen-bond acceptors (Lipinski definition) is 7. The molecule has 3 fully saturated rings. The van der Waals surface area contributed by atoms with Gasteiger partial charge in [-0.05, 0) is 30.7 Å². The number of halogens is 3. The summed E-state index contributed by atoms with van der Waals surface area (Å²) in [5.74, 6) is 0. The van der Waals surface area contributed by atoms with Crippen LogP contribution in [0.1, 0.15) is 18.9 Å². The molecule has 3 saturated heterocycles. The van der Waals surface area contributed by atoms with E-state index in [0.717, 1.165) is 33.2 Å². The van der Waals surface area contributed by atoms with Crippen LogP contribution in [0.3, 0.4) is 0 Å². The molecule has 5 rings (SSSR count). The molecule has 0 radical (unpaired) electrons. The molecule has 0 saturated carbocycles. The molecule has 0 bridgehead atoms. The van der Waals surface area contributed by atoms with Crippen molar-refractivity contribution >= 4 is 32.8 Å². The first-order valence-corrected chi connectivity index (χ1v) is 14.0. The molecule has 3 heterocycles. The van der Waals surface area contributed by atoms with Gasteiger partial charge >= 0.3 is 6.18 Å². The molecule has 37 heavy (non-hydrogen) atoms. The SMILES string of the molecule is C[C@@](O)(c1ccc(N2CCN(S(=O)(=O)C3=CC=CCC3=S)C[C@@H]2CN2CC3(COC3)C2)cc1)C(F)(F)F. The van der Waals surface area contributed by atoms with Crippen LogP contribution < -0.4 is 4.90 Å². The Bertz CT molecular complexity index is 1220. The Labute approximate surface area is 220 Å². The number of benzene rings is 1. The maximum Gasteiger partial charge on any atom is 0.421 e. The number of nitrogens with zero attached hydrogens (tertiary/aromatic N) is 3. The average molecular weight is 558 g/mol. The first kappa shape index (κ1) is 26.8. The van der Waals surface area contributed by atoms with E-state index in [1.165, 1.54) is 16.4 Å². The Morgan fingerprint density at radius 2 is 1.84 bits per heavy atom. The lowest BCUT2D eigenvalue weighted by molar-refractivity contribution is -0.258. The maximum atomic E-state index is 13.5. The number of anilines is 1. The third-order valence-electron chi connectivity index (χ3n) is 7.74. The Kier molecular flexibility index (Phi) is 6.82. The van der Waals surface area contributed by atoms with Crippen molar-refractivity contribution in [1.29, 1.82) is 0 Å². The van der Waals surface area contributed by atoms with E-state index >= 15 is 0 Å².